The topological polar surface area (TPSA) is 38.3 Å². The lowest BCUT2D eigenvalue weighted by Crippen LogP contribution is -2.31. The van der Waals surface area contributed by atoms with Crippen molar-refractivity contribution in [1.82, 2.24) is 5.32 Å². The molecule has 0 aliphatic carbocycles. The average Bonchev–Trinajstić information content (AvgIpc) is 2.32. The van der Waals surface area contributed by atoms with Gasteiger partial charge in [-0.25, -0.2) is 4.79 Å². The molecule has 1 aromatic carbocycles. The fourth-order valence-electron chi connectivity index (χ4n) is 1.67. The van der Waals surface area contributed by atoms with E-state index in [1.54, 1.807) is 19.1 Å². The third-order valence-electron chi connectivity index (χ3n) is 2.47. The number of carbonyl (C=O) groups excluding carboxylic acids is 1. The summed E-state index contributed by atoms with van der Waals surface area (Å²) in [4.78, 5) is 11.9. The minimum absolute atomic E-state index is 0.297. The van der Waals surface area contributed by atoms with Crippen LogP contribution in [0.3, 0.4) is 0 Å². The second-order valence-electron chi connectivity index (χ2n) is 3.77. The number of hydrogen-bond acceptors (Lipinski definition) is 3. The van der Waals surface area contributed by atoms with Crippen LogP contribution in [0.15, 0.2) is 18.2 Å². The Labute approximate surface area is 112 Å². The van der Waals surface area contributed by atoms with Crippen LogP contribution in [-0.4, -0.2) is 19.1 Å². The van der Waals surface area contributed by atoms with Crippen LogP contribution in [0.25, 0.3) is 0 Å². The number of hydrogen-bond donors (Lipinski definition) is 1. The van der Waals surface area contributed by atoms with E-state index in [1.807, 2.05) is 13.0 Å². The van der Waals surface area contributed by atoms with Crippen molar-refractivity contribution < 1.29 is 9.53 Å². The van der Waals surface area contributed by atoms with Crippen LogP contribution >= 0.6 is 11.6 Å². The molecule has 1 aromatic rings. The zero-order chi connectivity index (χ0) is 13.5. The Kier molecular flexibility index (Phi) is 5.70. The van der Waals surface area contributed by atoms with Crippen molar-refractivity contribution >= 4 is 17.6 Å². The molecule has 0 spiro atoms. The molecule has 1 atom stereocenters. The number of nitrogens with one attached hydrogen (secondary N) is 1. The summed E-state index contributed by atoms with van der Waals surface area (Å²) in [5.74, 6) is 2.12. The molecule has 0 saturated heterocycles. The number of ether oxygens (including phenoxy) is 1. The monoisotopic (exact) mass is 265 g/mol. The molecule has 18 heavy (non-hydrogen) atoms. The Hall–Kier alpha value is -1.50. The molecule has 1 N–H and O–H groups in total. The summed E-state index contributed by atoms with van der Waals surface area (Å²) in [6, 6.07) is 4.80. The average molecular weight is 266 g/mol. The summed E-state index contributed by atoms with van der Waals surface area (Å²) in [5.41, 5.74) is 1.75. The fourth-order valence-corrected chi connectivity index (χ4v) is 1.90. The van der Waals surface area contributed by atoms with E-state index in [-0.39, 0.29) is 5.97 Å². The van der Waals surface area contributed by atoms with E-state index < -0.39 is 6.04 Å². The van der Waals surface area contributed by atoms with Crippen LogP contribution in [0.5, 0.6) is 0 Å². The van der Waals surface area contributed by atoms with E-state index in [2.05, 4.69) is 11.2 Å². The number of benzene rings is 1. The van der Waals surface area contributed by atoms with Gasteiger partial charge in [0.15, 0.2) is 0 Å². The number of esters is 1. The maximum Gasteiger partial charge on any atom is 0.327 e. The van der Waals surface area contributed by atoms with E-state index in [0.29, 0.717) is 18.2 Å². The number of carbonyl (C=O) groups is 1. The van der Waals surface area contributed by atoms with E-state index in [0.717, 1.165) is 11.1 Å². The first-order valence-corrected chi connectivity index (χ1v) is 6.07. The van der Waals surface area contributed by atoms with Gasteiger partial charge in [0, 0.05) is 5.02 Å². The SMILES string of the molecule is C#CCNC(C(=O)OCC)c1ccc(Cl)cc1C. The molecule has 4 heteroatoms. The normalized spacial score (nSPS) is 11.7. The predicted octanol–water partition coefficient (Wildman–Crippen LogP) is 2.48. The lowest BCUT2D eigenvalue weighted by molar-refractivity contribution is -0.145. The van der Waals surface area contributed by atoms with Gasteiger partial charge in [-0.3, -0.25) is 5.32 Å². The van der Waals surface area contributed by atoms with Crippen LogP contribution in [0.4, 0.5) is 0 Å². The number of terminal acetylenes is 1. The lowest BCUT2D eigenvalue weighted by atomic mass is 10.0. The first-order chi connectivity index (χ1) is 8.60. The molecular weight excluding hydrogens is 250 g/mol. The zero-order valence-electron chi connectivity index (χ0n) is 10.5. The zero-order valence-corrected chi connectivity index (χ0v) is 11.3. The molecule has 0 saturated carbocycles. The van der Waals surface area contributed by atoms with Crippen molar-refractivity contribution in [3.63, 3.8) is 0 Å². The van der Waals surface area contributed by atoms with Gasteiger partial charge in [0.05, 0.1) is 13.2 Å². The standard InChI is InChI=1S/C14H16ClNO2/c1-4-8-16-13(14(17)18-5-2)12-7-6-11(15)9-10(12)3/h1,6-7,9,13,16H,5,8H2,2-3H3. The summed E-state index contributed by atoms with van der Waals surface area (Å²) in [6.07, 6.45) is 5.21. The van der Waals surface area contributed by atoms with Gasteiger partial charge in [-0.05, 0) is 37.1 Å². The molecule has 3 nitrogen and oxygen atoms in total. The highest BCUT2D eigenvalue weighted by molar-refractivity contribution is 6.30. The molecule has 0 aliphatic heterocycles. The first-order valence-electron chi connectivity index (χ1n) is 5.69. The molecule has 96 valence electrons. The minimum atomic E-state index is -0.557. The third kappa shape index (κ3) is 3.76. The number of aryl methyl sites for hydroxylation is 1. The second-order valence-corrected chi connectivity index (χ2v) is 4.21. The van der Waals surface area contributed by atoms with Crippen molar-refractivity contribution in [2.45, 2.75) is 19.9 Å². The van der Waals surface area contributed by atoms with E-state index in [9.17, 15) is 4.79 Å². The summed E-state index contributed by atoms with van der Waals surface area (Å²) in [5, 5.41) is 3.61. The fraction of sp³-hybridized carbons (Fsp3) is 0.357. The van der Waals surface area contributed by atoms with Gasteiger partial charge in [0.1, 0.15) is 6.04 Å². The van der Waals surface area contributed by atoms with Gasteiger partial charge in [-0.1, -0.05) is 23.6 Å². The highest BCUT2D eigenvalue weighted by Gasteiger charge is 2.22. The Balaban J connectivity index is 3.01. The predicted molar refractivity (Wildman–Crippen MR) is 72.4 cm³/mol. The Morgan fingerprint density at radius 2 is 2.33 bits per heavy atom. The summed E-state index contributed by atoms with van der Waals surface area (Å²) in [6.45, 7) is 4.29. The van der Waals surface area contributed by atoms with Gasteiger partial charge in [-0.15, -0.1) is 6.42 Å². The van der Waals surface area contributed by atoms with Crippen molar-refractivity contribution in [2.75, 3.05) is 13.2 Å². The molecule has 0 aliphatic rings. The molecule has 0 amide bonds. The Morgan fingerprint density at radius 1 is 1.61 bits per heavy atom. The molecule has 0 aromatic heterocycles. The number of rotatable bonds is 5. The van der Waals surface area contributed by atoms with Gasteiger partial charge in [0.2, 0.25) is 0 Å². The third-order valence-corrected chi connectivity index (χ3v) is 2.71. The molecule has 1 rings (SSSR count). The van der Waals surface area contributed by atoms with E-state index >= 15 is 0 Å². The van der Waals surface area contributed by atoms with E-state index in [4.69, 9.17) is 22.8 Å². The molecule has 0 heterocycles. The van der Waals surface area contributed by atoms with Gasteiger partial charge in [-0.2, -0.15) is 0 Å². The summed E-state index contributed by atoms with van der Waals surface area (Å²) >= 11 is 5.90. The summed E-state index contributed by atoms with van der Waals surface area (Å²) < 4.78 is 5.04. The lowest BCUT2D eigenvalue weighted by Gasteiger charge is -2.18. The van der Waals surface area contributed by atoms with Crippen LogP contribution in [0.2, 0.25) is 5.02 Å². The van der Waals surface area contributed by atoms with Crippen LogP contribution in [-0.2, 0) is 9.53 Å². The van der Waals surface area contributed by atoms with E-state index in [1.165, 1.54) is 0 Å². The largest absolute Gasteiger partial charge is 0.465 e. The molecule has 0 radical (unpaired) electrons. The smallest absolute Gasteiger partial charge is 0.327 e. The van der Waals surface area contributed by atoms with Crippen molar-refractivity contribution in [1.29, 1.82) is 0 Å². The molecular formula is C14H16ClNO2. The van der Waals surface area contributed by atoms with Crippen molar-refractivity contribution in [3.05, 3.63) is 34.3 Å². The first kappa shape index (κ1) is 14.6. The Bertz CT molecular complexity index is 465. The number of halogens is 1. The Morgan fingerprint density at radius 3 is 2.89 bits per heavy atom. The highest BCUT2D eigenvalue weighted by atomic mass is 35.5. The second kappa shape index (κ2) is 7.05. The quantitative estimate of drug-likeness (QED) is 0.657. The van der Waals surface area contributed by atoms with Gasteiger partial charge >= 0.3 is 5.97 Å². The maximum absolute atomic E-state index is 11.9. The van der Waals surface area contributed by atoms with Crippen LogP contribution in [0.1, 0.15) is 24.1 Å². The summed E-state index contributed by atoms with van der Waals surface area (Å²) in [7, 11) is 0. The minimum Gasteiger partial charge on any atom is -0.465 e. The maximum atomic E-state index is 11.9. The van der Waals surface area contributed by atoms with Gasteiger partial charge in [0.25, 0.3) is 0 Å². The molecule has 0 bridgehead atoms. The van der Waals surface area contributed by atoms with Crippen molar-refractivity contribution in [3.8, 4) is 12.3 Å². The van der Waals surface area contributed by atoms with Crippen molar-refractivity contribution in [2.24, 2.45) is 0 Å². The molecule has 1 unspecified atom stereocenters. The highest BCUT2D eigenvalue weighted by Crippen LogP contribution is 2.22. The van der Waals surface area contributed by atoms with Gasteiger partial charge < -0.3 is 4.74 Å². The molecule has 0 fully saturated rings. The van der Waals surface area contributed by atoms with Crippen LogP contribution in [0, 0.1) is 19.3 Å². The van der Waals surface area contributed by atoms with Crippen LogP contribution < -0.4 is 5.32 Å².